The molecule has 1 aromatic rings. The van der Waals surface area contributed by atoms with Crippen LogP contribution in [-0.2, 0) is 4.74 Å². The molecule has 1 aliphatic rings. The maximum Gasteiger partial charge on any atom is 0.340 e. The molecule has 0 radical (unpaired) electrons. The highest BCUT2D eigenvalue weighted by atomic mass is 19.1. The van der Waals surface area contributed by atoms with Crippen molar-refractivity contribution in [1.29, 1.82) is 0 Å². The van der Waals surface area contributed by atoms with E-state index >= 15 is 0 Å². The van der Waals surface area contributed by atoms with Gasteiger partial charge < -0.3 is 10.1 Å². The molecule has 1 unspecified atom stereocenters. The van der Waals surface area contributed by atoms with E-state index < -0.39 is 11.8 Å². The molecule has 17 heavy (non-hydrogen) atoms. The zero-order valence-corrected chi connectivity index (χ0v) is 10.00. The lowest BCUT2D eigenvalue weighted by atomic mass is 10.1. The van der Waals surface area contributed by atoms with Crippen molar-refractivity contribution < 1.29 is 13.9 Å². The normalized spacial score (nSPS) is 16.4. The summed E-state index contributed by atoms with van der Waals surface area (Å²) in [6.07, 6.45) is 2.37. The van der Waals surface area contributed by atoms with Gasteiger partial charge in [-0.05, 0) is 37.8 Å². The zero-order valence-electron chi connectivity index (χ0n) is 10.00. The number of rotatable bonds is 4. The molecule has 0 saturated heterocycles. The summed E-state index contributed by atoms with van der Waals surface area (Å²) in [6, 6.07) is 4.95. The van der Waals surface area contributed by atoms with Crippen LogP contribution < -0.4 is 5.32 Å². The second kappa shape index (κ2) is 4.73. The van der Waals surface area contributed by atoms with Gasteiger partial charge in [0.25, 0.3) is 0 Å². The predicted octanol–water partition coefficient (Wildman–Crippen LogP) is 2.82. The molecule has 1 fully saturated rings. The van der Waals surface area contributed by atoms with E-state index in [-0.39, 0.29) is 11.6 Å². The van der Waals surface area contributed by atoms with Crippen molar-refractivity contribution in [2.75, 3.05) is 12.4 Å². The Morgan fingerprint density at radius 3 is 2.82 bits per heavy atom. The van der Waals surface area contributed by atoms with Crippen LogP contribution in [0.1, 0.15) is 30.1 Å². The second-order valence-electron chi connectivity index (χ2n) is 4.43. The van der Waals surface area contributed by atoms with Crippen LogP contribution in [0.4, 0.5) is 10.1 Å². The first-order valence-electron chi connectivity index (χ1n) is 5.77. The van der Waals surface area contributed by atoms with E-state index in [0.29, 0.717) is 11.6 Å². The van der Waals surface area contributed by atoms with Gasteiger partial charge in [-0.15, -0.1) is 0 Å². The van der Waals surface area contributed by atoms with E-state index in [2.05, 4.69) is 10.1 Å². The molecular weight excluding hydrogens is 221 g/mol. The summed E-state index contributed by atoms with van der Waals surface area (Å²) >= 11 is 0. The number of halogens is 1. The van der Waals surface area contributed by atoms with Crippen LogP contribution in [0, 0.1) is 11.7 Å². The molecule has 3 nitrogen and oxygen atoms in total. The van der Waals surface area contributed by atoms with Crippen molar-refractivity contribution in [2.24, 2.45) is 5.92 Å². The third-order valence-corrected chi connectivity index (χ3v) is 3.12. The molecule has 1 atom stereocenters. The molecule has 0 heterocycles. The molecule has 0 amide bonds. The molecule has 4 heteroatoms. The minimum absolute atomic E-state index is 0.0273. The number of carbonyl (C=O) groups is 1. The number of anilines is 1. The molecule has 0 bridgehead atoms. The standard InChI is InChI=1S/C13H16FNO2/c1-8(9-6-7-9)15-11-5-3-4-10(12(11)14)13(16)17-2/h3-5,8-9,15H,6-7H2,1-2H3. The number of methoxy groups -OCH3 is 1. The molecule has 0 aromatic heterocycles. The molecule has 1 saturated carbocycles. The van der Waals surface area contributed by atoms with E-state index in [0.717, 1.165) is 0 Å². The van der Waals surface area contributed by atoms with Crippen molar-refractivity contribution in [3.05, 3.63) is 29.6 Å². The molecule has 1 aliphatic carbocycles. The fourth-order valence-electron chi connectivity index (χ4n) is 1.87. The summed E-state index contributed by atoms with van der Waals surface area (Å²) < 4.78 is 18.5. The van der Waals surface area contributed by atoms with Gasteiger partial charge in [0.15, 0.2) is 5.82 Å². The Morgan fingerprint density at radius 2 is 2.24 bits per heavy atom. The number of ether oxygens (including phenoxy) is 1. The summed E-state index contributed by atoms with van der Waals surface area (Å²) in [5, 5.41) is 3.11. The van der Waals surface area contributed by atoms with Gasteiger partial charge in [0.05, 0.1) is 18.4 Å². The third kappa shape index (κ3) is 2.57. The lowest BCUT2D eigenvalue weighted by Crippen LogP contribution is -2.19. The van der Waals surface area contributed by atoms with E-state index in [1.807, 2.05) is 6.92 Å². The summed E-state index contributed by atoms with van der Waals surface area (Å²) in [6.45, 7) is 2.03. The van der Waals surface area contributed by atoms with Gasteiger partial charge in [-0.25, -0.2) is 9.18 Å². The fourth-order valence-corrected chi connectivity index (χ4v) is 1.87. The monoisotopic (exact) mass is 237 g/mol. The van der Waals surface area contributed by atoms with Gasteiger partial charge in [0, 0.05) is 6.04 Å². The third-order valence-electron chi connectivity index (χ3n) is 3.12. The average Bonchev–Trinajstić information content (AvgIpc) is 3.14. The van der Waals surface area contributed by atoms with Gasteiger partial charge >= 0.3 is 5.97 Å². The van der Waals surface area contributed by atoms with Gasteiger partial charge in [-0.3, -0.25) is 0 Å². The lowest BCUT2D eigenvalue weighted by Gasteiger charge is -2.15. The average molecular weight is 237 g/mol. The quantitative estimate of drug-likeness (QED) is 0.818. The van der Waals surface area contributed by atoms with Crippen molar-refractivity contribution >= 4 is 11.7 Å². The highest BCUT2D eigenvalue weighted by molar-refractivity contribution is 5.90. The Balaban J connectivity index is 2.19. The van der Waals surface area contributed by atoms with Crippen LogP contribution in [0.25, 0.3) is 0 Å². The highest BCUT2D eigenvalue weighted by Gasteiger charge is 2.28. The Hall–Kier alpha value is -1.58. The Kier molecular flexibility index (Phi) is 3.31. The minimum Gasteiger partial charge on any atom is -0.465 e. The van der Waals surface area contributed by atoms with Crippen molar-refractivity contribution in [3.8, 4) is 0 Å². The van der Waals surface area contributed by atoms with E-state index in [1.54, 1.807) is 12.1 Å². The maximum absolute atomic E-state index is 14.0. The SMILES string of the molecule is COC(=O)c1cccc(NC(C)C2CC2)c1F. The minimum atomic E-state index is -0.648. The summed E-state index contributed by atoms with van der Waals surface area (Å²) in [5.41, 5.74) is 0.341. The van der Waals surface area contributed by atoms with Crippen molar-refractivity contribution in [3.63, 3.8) is 0 Å². The molecule has 0 aliphatic heterocycles. The van der Waals surface area contributed by atoms with Crippen LogP contribution in [0.15, 0.2) is 18.2 Å². The smallest absolute Gasteiger partial charge is 0.340 e. The Bertz CT molecular complexity index is 429. The Morgan fingerprint density at radius 1 is 1.53 bits per heavy atom. The maximum atomic E-state index is 14.0. The topological polar surface area (TPSA) is 38.3 Å². The van der Waals surface area contributed by atoms with Crippen molar-refractivity contribution in [1.82, 2.24) is 0 Å². The number of benzene rings is 1. The van der Waals surface area contributed by atoms with E-state index in [9.17, 15) is 9.18 Å². The molecule has 1 N–H and O–H groups in total. The van der Waals surface area contributed by atoms with Gasteiger partial charge in [0.1, 0.15) is 0 Å². The van der Waals surface area contributed by atoms with Crippen molar-refractivity contribution in [2.45, 2.75) is 25.8 Å². The molecular formula is C13H16FNO2. The van der Waals surface area contributed by atoms with Crippen LogP contribution in [-0.4, -0.2) is 19.1 Å². The molecule has 1 aromatic carbocycles. The predicted molar refractivity (Wildman–Crippen MR) is 63.5 cm³/mol. The van der Waals surface area contributed by atoms with E-state index in [4.69, 9.17) is 0 Å². The molecule has 0 spiro atoms. The lowest BCUT2D eigenvalue weighted by molar-refractivity contribution is 0.0595. The largest absolute Gasteiger partial charge is 0.465 e. The first kappa shape index (κ1) is 11.9. The van der Waals surface area contributed by atoms with Crippen LogP contribution >= 0.6 is 0 Å². The number of hydrogen-bond donors (Lipinski definition) is 1. The summed E-state index contributed by atoms with van der Waals surface area (Å²) in [7, 11) is 1.24. The zero-order chi connectivity index (χ0) is 12.4. The van der Waals surface area contributed by atoms with Gasteiger partial charge in [-0.2, -0.15) is 0 Å². The first-order chi connectivity index (χ1) is 8.13. The number of nitrogens with one attached hydrogen (secondary N) is 1. The second-order valence-corrected chi connectivity index (χ2v) is 4.43. The Labute approximate surface area is 100.0 Å². The number of carbonyl (C=O) groups excluding carboxylic acids is 1. The van der Waals surface area contributed by atoms with Crippen LogP contribution in [0.2, 0.25) is 0 Å². The molecule has 2 rings (SSSR count). The number of esters is 1. The summed E-state index contributed by atoms with van der Waals surface area (Å²) in [4.78, 5) is 11.3. The first-order valence-corrected chi connectivity index (χ1v) is 5.77. The van der Waals surface area contributed by atoms with E-state index in [1.165, 1.54) is 26.0 Å². The summed E-state index contributed by atoms with van der Waals surface area (Å²) in [5.74, 6) is -0.562. The van der Waals surface area contributed by atoms with Crippen LogP contribution in [0.5, 0.6) is 0 Å². The van der Waals surface area contributed by atoms with Gasteiger partial charge in [-0.1, -0.05) is 6.07 Å². The molecule has 92 valence electrons. The fraction of sp³-hybridized carbons (Fsp3) is 0.462. The van der Waals surface area contributed by atoms with Crippen LogP contribution in [0.3, 0.4) is 0 Å². The van der Waals surface area contributed by atoms with Gasteiger partial charge in [0.2, 0.25) is 0 Å². The number of hydrogen-bond acceptors (Lipinski definition) is 3. The highest BCUT2D eigenvalue weighted by Crippen LogP contribution is 2.34.